The zero-order chi connectivity index (χ0) is 19.9. The summed E-state index contributed by atoms with van der Waals surface area (Å²) in [5, 5.41) is 15.1. The Bertz CT molecular complexity index is 905. The molecule has 0 saturated heterocycles. The number of amides is 1. The van der Waals surface area contributed by atoms with Crippen LogP contribution in [-0.4, -0.2) is 42.6 Å². The maximum absolute atomic E-state index is 12.8. The summed E-state index contributed by atoms with van der Waals surface area (Å²) in [6.45, 7) is 3.19. The fraction of sp³-hybridized carbons (Fsp3) is 0.562. The van der Waals surface area contributed by atoms with Gasteiger partial charge >= 0.3 is 12.1 Å². The van der Waals surface area contributed by atoms with Crippen LogP contribution in [0, 0.1) is 19.8 Å². The SMILES string of the molecule is Cc1nc2nc(C(F)(F)F)nn2c(C)c1CCC(=O)NC(C(=O)O)C1CC1. The molecule has 0 radical (unpaired) electrons. The smallest absolute Gasteiger partial charge is 0.453 e. The molecular formula is C16H18F3N5O3. The molecule has 3 rings (SSSR count). The van der Waals surface area contributed by atoms with Crippen LogP contribution in [0.15, 0.2) is 0 Å². The van der Waals surface area contributed by atoms with Crippen molar-refractivity contribution in [2.24, 2.45) is 5.92 Å². The number of carbonyl (C=O) groups is 2. The summed E-state index contributed by atoms with van der Waals surface area (Å²) in [4.78, 5) is 30.7. The molecule has 1 unspecified atom stereocenters. The fourth-order valence-electron chi connectivity index (χ4n) is 2.99. The van der Waals surface area contributed by atoms with E-state index >= 15 is 0 Å². The van der Waals surface area contributed by atoms with E-state index in [1.54, 1.807) is 13.8 Å². The number of fused-ring (bicyclic) bond motifs is 1. The monoisotopic (exact) mass is 385 g/mol. The number of rotatable bonds is 6. The Morgan fingerprint density at radius 3 is 2.52 bits per heavy atom. The Hall–Kier alpha value is -2.72. The third kappa shape index (κ3) is 4.01. The highest BCUT2D eigenvalue weighted by Gasteiger charge is 2.38. The van der Waals surface area contributed by atoms with Gasteiger partial charge in [-0.15, -0.1) is 5.10 Å². The number of aromatic nitrogens is 4. The van der Waals surface area contributed by atoms with Crippen molar-refractivity contribution in [1.29, 1.82) is 0 Å². The number of carboxylic acids is 1. The maximum Gasteiger partial charge on any atom is 0.453 e. The third-order valence-corrected chi connectivity index (χ3v) is 4.58. The van der Waals surface area contributed by atoms with E-state index in [1.807, 2.05) is 0 Å². The molecular weight excluding hydrogens is 367 g/mol. The lowest BCUT2D eigenvalue weighted by Gasteiger charge is -2.14. The number of alkyl halides is 3. The standard InChI is InChI=1S/C16H18F3N5O3/c1-7-10(5-6-11(25)21-12(13(26)27)9-3-4-9)8(2)24-15(20-7)22-14(23-24)16(17,18)19/h9,12H,3-6H2,1-2H3,(H,21,25)(H,26,27). The molecule has 2 N–H and O–H groups in total. The molecule has 1 aliphatic rings. The Kier molecular flexibility index (Phi) is 4.79. The first-order valence-electron chi connectivity index (χ1n) is 8.40. The van der Waals surface area contributed by atoms with Crippen LogP contribution in [0.25, 0.3) is 5.78 Å². The molecule has 2 aromatic rings. The van der Waals surface area contributed by atoms with Crippen molar-refractivity contribution in [3.63, 3.8) is 0 Å². The predicted octanol–water partition coefficient (Wildman–Crippen LogP) is 1.67. The van der Waals surface area contributed by atoms with Crippen LogP contribution >= 0.6 is 0 Å². The lowest BCUT2D eigenvalue weighted by atomic mass is 10.1. The summed E-state index contributed by atoms with van der Waals surface area (Å²) < 4.78 is 39.4. The van der Waals surface area contributed by atoms with Gasteiger partial charge in [-0.2, -0.15) is 18.2 Å². The Labute approximate surface area is 151 Å². The number of nitrogens with zero attached hydrogens (tertiary/aromatic N) is 4. The number of nitrogens with one attached hydrogen (secondary N) is 1. The van der Waals surface area contributed by atoms with Crippen molar-refractivity contribution >= 4 is 17.7 Å². The van der Waals surface area contributed by atoms with E-state index in [1.165, 1.54) is 0 Å². The van der Waals surface area contributed by atoms with Gasteiger partial charge in [0, 0.05) is 17.8 Å². The Balaban J connectivity index is 1.76. The predicted molar refractivity (Wildman–Crippen MR) is 85.9 cm³/mol. The van der Waals surface area contributed by atoms with Gasteiger partial charge in [-0.1, -0.05) is 0 Å². The summed E-state index contributed by atoms with van der Waals surface area (Å²) in [7, 11) is 0. The molecule has 1 amide bonds. The van der Waals surface area contributed by atoms with Gasteiger partial charge in [0.2, 0.25) is 5.91 Å². The molecule has 1 saturated carbocycles. The van der Waals surface area contributed by atoms with Crippen LogP contribution in [0.1, 0.15) is 42.0 Å². The van der Waals surface area contributed by atoms with Crippen LogP contribution in [0.5, 0.6) is 0 Å². The second-order valence-corrected chi connectivity index (χ2v) is 6.63. The van der Waals surface area contributed by atoms with Crippen LogP contribution < -0.4 is 5.32 Å². The number of hydrogen-bond acceptors (Lipinski definition) is 5. The molecule has 27 heavy (non-hydrogen) atoms. The number of carbonyl (C=O) groups excluding carboxylic acids is 1. The average Bonchev–Trinajstić information content (AvgIpc) is 3.29. The van der Waals surface area contributed by atoms with Crippen molar-refractivity contribution in [3.05, 3.63) is 22.8 Å². The van der Waals surface area contributed by atoms with Crippen LogP contribution in [0.4, 0.5) is 13.2 Å². The van der Waals surface area contributed by atoms with Crippen LogP contribution in [0.2, 0.25) is 0 Å². The van der Waals surface area contributed by atoms with E-state index in [2.05, 4.69) is 20.4 Å². The molecule has 11 heteroatoms. The molecule has 0 aromatic carbocycles. The largest absolute Gasteiger partial charge is 0.480 e. The summed E-state index contributed by atoms with van der Waals surface area (Å²) in [6.07, 6.45) is -2.95. The van der Waals surface area contributed by atoms with Crippen LogP contribution in [0.3, 0.4) is 0 Å². The second kappa shape index (κ2) is 6.78. The lowest BCUT2D eigenvalue weighted by Crippen LogP contribution is -2.42. The number of halogens is 3. The van der Waals surface area contributed by atoms with Gasteiger partial charge in [0.15, 0.2) is 0 Å². The quantitative estimate of drug-likeness (QED) is 0.783. The van der Waals surface area contributed by atoms with Crippen molar-refractivity contribution in [3.8, 4) is 0 Å². The molecule has 1 fully saturated rings. The zero-order valence-corrected chi connectivity index (χ0v) is 14.7. The maximum atomic E-state index is 12.8. The molecule has 8 nitrogen and oxygen atoms in total. The molecule has 0 aliphatic heterocycles. The van der Waals surface area contributed by atoms with E-state index in [0.717, 1.165) is 17.4 Å². The highest BCUT2D eigenvalue weighted by atomic mass is 19.4. The minimum atomic E-state index is -4.68. The van der Waals surface area contributed by atoms with E-state index < -0.39 is 29.9 Å². The van der Waals surface area contributed by atoms with Crippen LogP contribution in [-0.2, 0) is 22.2 Å². The number of carboxylic acid groups (broad SMARTS) is 1. The molecule has 0 spiro atoms. The molecule has 2 aromatic heterocycles. The Morgan fingerprint density at radius 2 is 1.96 bits per heavy atom. The first-order valence-corrected chi connectivity index (χ1v) is 8.40. The van der Waals surface area contributed by atoms with Crippen molar-refractivity contribution < 1.29 is 27.9 Å². The highest BCUT2D eigenvalue weighted by molar-refractivity contribution is 5.84. The first-order chi connectivity index (χ1) is 12.6. The van der Waals surface area contributed by atoms with Gasteiger partial charge in [-0.25, -0.2) is 14.3 Å². The molecule has 1 atom stereocenters. The molecule has 2 heterocycles. The summed E-state index contributed by atoms with van der Waals surface area (Å²) in [5.41, 5.74) is 1.44. The van der Waals surface area contributed by atoms with E-state index in [9.17, 15) is 22.8 Å². The lowest BCUT2D eigenvalue weighted by molar-refractivity contribution is -0.144. The fourth-order valence-corrected chi connectivity index (χ4v) is 2.99. The van der Waals surface area contributed by atoms with Gasteiger partial charge in [-0.05, 0) is 44.6 Å². The average molecular weight is 385 g/mol. The van der Waals surface area contributed by atoms with Gasteiger partial charge in [0.1, 0.15) is 6.04 Å². The second-order valence-electron chi connectivity index (χ2n) is 6.63. The van der Waals surface area contributed by atoms with Crippen molar-refractivity contribution in [1.82, 2.24) is 24.9 Å². The molecule has 0 bridgehead atoms. The minimum absolute atomic E-state index is 0.00775. The summed E-state index contributed by atoms with van der Waals surface area (Å²) in [5.74, 6) is -2.97. The number of aryl methyl sites for hydroxylation is 2. The van der Waals surface area contributed by atoms with Crippen molar-refractivity contribution in [2.45, 2.75) is 51.7 Å². The van der Waals surface area contributed by atoms with E-state index in [4.69, 9.17) is 5.11 Å². The van der Waals surface area contributed by atoms with Crippen molar-refractivity contribution in [2.75, 3.05) is 0 Å². The molecule has 146 valence electrons. The van der Waals surface area contributed by atoms with Gasteiger partial charge in [0.25, 0.3) is 11.6 Å². The summed E-state index contributed by atoms with van der Waals surface area (Å²) in [6, 6.07) is -0.898. The van der Waals surface area contributed by atoms with Gasteiger partial charge in [0.05, 0.1) is 0 Å². The zero-order valence-electron chi connectivity index (χ0n) is 14.7. The number of hydrogen-bond donors (Lipinski definition) is 2. The minimum Gasteiger partial charge on any atom is -0.480 e. The first kappa shape index (κ1) is 19.1. The topological polar surface area (TPSA) is 109 Å². The highest BCUT2D eigenvalue weighted by Crippen LogP contribution is 2.33. The van der Waals surface area contributed by atoms with Gasteiger partial charge < -0.3 is 10.4 Å². The normalized spacial score (nSPS) is 15.7. The number of aliphatic carboxylic acids is 1. The Morgan fingerprint density at radius 1 is 1.30 bits per heavy atom. The third-order valence-electron chi connectivity index (χ3n) is 4.58. The van der Waals surface area contributed by atoms with Gasteiger partial charge in [-0.3, -0.25) is 4.79 Å². The van der Waals surface area contributed by atoms with E-state index in [0.29, 0.717) is 17.0 Å². The summed E-state index contributed by atoms with van der Waals surface area (Å²) >= 11 is 0. The molecule has 1 aliphatic carbocycles. The van der Waals surface area contributed by atoms with E-state index in [-0.39, 0.29) is 24.5 Å².